The molecule has 3 amide bonds. The summed E-state index contributed by atoms with van der Waals surface area (Å²) in [5, 5.41) is 17.4. The van der Waals surface area contributed by atoms with Gasteiger partial charge in [0.05, 0.1) is 11.9 Å². The van der Waals surface area contributed by atoms with Crippen LogP contribution in [-0.4, -0.2) is 57.8 Å². The molecule has 1 heterocycles. The van der Waals surface area contributed by atoms with E-state index in [-0.39, 0.29) is 19.0 Å². The van der Waals surface area contributed by atoms with Crippen molar-refractivity contribution in [3.8, 4) is 0 Å². The van der Waals surface area contributed by atoms with Crippen molar-refractivity contribution in [2.75, 3.05) is 25.5 Å². The molecule has 0 unspecified atom stereocenters. The van der Waals surface area contributed by atoms with Gasteiger partial charge in [0, 0.05) is 19.8 Å². The summed E-state index contributed by atoms with van der Waals surface area (Å²) in [5.41, 5.74) is 0.367. The summed E-state index contributed by atoms with van der Waals surface area (Å²) in [5.74, 6) is -1.30. The van der Waals surface area contributed by atoms with Crippen LogP contribution in [0, 0.1) is 0 Å². The average Bonchev–Trinajstić information content (AvgIpc) is 2.81. The zero-order valence-electron chi connectivity index (χ0n) is 11.3. The fourth-order valence-electron chi connectivity index (χ4n) is 1.44. The maximum Gasteiger partial charge on any atom is 0.325 e. The summed E-state index contributed by atoms with van der Waals surface area (Å²) in [4.78, 5) is 35.0. The van der Waals surface area contributed by atoms with Gasteiger partial charge in [0.1, 0.15) is 13.1 Å². The number of hydrogen-bond acceptors (Lipinski definition) is 4. The van der Waals surface area contributed by atoms with Crippen molar-refractivity contribution in [2.24, 2.45) is 0 Å². The lowest BCUT2D eigenvalue weighted by atomic mass is 10.4. The molecule has 9 heteroatoms. The molecule has 0 aliphatic carbocycles. The maximum atomic E-state index is 11.9. The highest BCUT2D eigenvalue weighted by Crippen LogP contribution is 2.06. The SMILES string of the molecule is CCN(CC(=O)NC)C(=O)Nc1cnn(CC(=O)O)c1. The summed E-state index contributed by atoms with van der Waals surface area (Å²) in [6.45, 7) is 1.77. The molecule has 0 fully saturated rings. The number of nitrogens with zero attached hydrogens (tertiary/aromatic N) is 3. The summed E-state index contributed by atoms with van der Waals surface area (Å²) >= 11 is 0. The second-order valence-corrected chi connectivity index (χ2v) is 3.94. The van der Waals surface area contributed by atoms with Crippen LogP contribution in [0.4, 0.5) is 10.5 Å². The van der Waals surface area contributed by atoms with Crippen LogP contribution in [0.25, 0.3) is 0 Å². The molecule has 1 aromatic heterocycles. The first-order valence-electron chi connectivity index (χ1n) is 5.97. The fourth-order valence-corrected chi connectivity index (χ4v) is 1.44. The van der Waals surface area contributed by atoms with Crippen LogP contribution in [-0.2, 0) is 16.1 Å². The molecule has 1 rings (SSSR count). The predicted molar refractivity (Wildman–Crippen MR) is 70.2 cm³/mol. The molecular weight excluding hydrogens is 266 g/mol. The van der Waals surface area contributed by atoms with Gasteiger partial charge in [0.2, 0.25) is 5.91 Å². The smallest absolute Gasteiger partial charge is 0.325 e. The largest absolute Gasteiger partial charge is 0.480 e. The molecule has 1 aromatic rings. The molecule has 0 saturated heterocycles. The van der Waals surface area contributed by atoms with E-state index < -0.39 is 12.0 Å². The number of carboxylic acid groups (broad SMARTS) is 1. The number of carbonyl (C=O) groups is 3. The highest BCUT2D eigenvalue weighted by Gasteiger charge is 2.15. The van der Waals surface area contributed by atoms with E-state index in [0.717, 1.165) is 0 Å². The Bertz CT molecular complexity index is 499. The first-order valence-corrected chi connectivity index (χ1v) is 5.97. The Labute approximate surface area is 115 Å². The van der Waals surface area contributed by atoms with Crippen molar-refractivity contribution in [2.45, 2.75) is 13.5 Å². The second kappa shape index (κ2) is 7.12. The molecule has 110 valence electrons. The van der Waals surface area contributed by atoms with Gasteiger partial charge in [-0.3, -0.25) is 14.3 Å². The van der Waals surface area contributed by atoms with Gasteiger partial charge in [0.25, 0.3) is 0 Å². The Hall–Kier alpha value is -2.58. The molecule has 0 aromatic carbocycles. The van der Waals surface area contributed by atoms with Crippen LogP contribution in [0.3, 0.4) is 0 Å². The van der Waals surface area contributed by atoms with Crippen LogP contribution in [0.2, 0.25) is 0 Å². The Balaban J connectivity index is 2.61. The predicted octanol–water partition coefficient (Wildman–Crippen LogP) is -0.432. The minimum Gasteiger partial charge on any atom is -0.480 e. The van der Waals surface area contributed by atoms with Crippen molar-refractivity contribution >= 4 is 23.6 Å². The van der Waals surface area contributed by atoms with Crippen molar-refractivity contribution in [1.29, 1.82) is 0 Å². The van der Waals surface area contributed by atoms with E-state index in [1.165, 1.54) is 29.0 Å². The summed E-state index contributed by atoms with van der Waals surface area (Å²) in [6, 6.07) is -0.453. The van der Waals surface area contributed by atoms with Gasteiger partial charge in [-0.2, -0.15) is 5.10 Å². The van der Waals surface area contributed by atoms with Crippen molar-refractivity contribution < 1.29 is 19.5 Å². The van der Waals surface area contributed by atoms with Gasteiger partial charge in [-0.1, -0.05) is 0 Å². The summed E-state index contributed by atoms with van der Waals surface area (Å²) in [6.07, 6.45) is 2.74. The van der Waals surface area contributed by atoms with E-state index >= 15 is 0 Å². The lowest BCUT2D eigenvalue weighted by molar-refractivity contribution is -0.137. The topological polar surface area (TPSA) is 117 Å². The third kappa shape index (κ3) is 4.59. The van der Waals surface area contributed by atoms with Gasteiger partial charge < -0.3 is 20.6 Å². The second-order valence-electron chi connectivity index (χ2n) is 3.94. The minimum absolute atomic E-state index is 0.0535. The van der Waals surface area contributed by atoms with E-state index in [2.05, 4.69) is 15.7 Å². The number of anilines is 1. The Morgan fingerprint density at radius 1 is 1.45 bits per heavy atom. The number of carboxylic acids is 1. The lowest BCUT2D eigenvalue weighted by Gasteiger charge is -2.19. The first kappa shape index (κ1) is 15.5. The van der Waals surface area contributed by atoms with Crippen LogP contribution < -0.4 is 10.6 Å². The standard InChI is InChI=1S/C11H17N5O4/c1-3-15(6-9(17)12-2)11(20)14-8-4-13-16(5-8)7-10(18)19/h4-5H,3,6-7H2,1-2H3,(H,12,17)(H,14,20)(H,18,19). The molecule has 0 aliphatic rings. The number of carbonyl (C=O) groups excluding carboxylic acids is 2. The van der Waals surface area contributed by atoms with Crippen LogP contribution >= 0.6 is 0 Å². The number of aromatic nitrogens is 2. The third-order valence-corrected chi connectivity index (χ3v) is 2.46. The molecule has 0 radical (unpaired) electrons. The number of urea groups is 1. The molecule has 0 saturated carbocycles. The maximum absolute atomic E-state index is 11.9. The van der Waals surface area contributed by atoms with E-state index in [4.69, 9.17) is 5.11 Å². The zero-order valence-corrected chi connectivity index (χ0v) is 11.3. The number of nitrogens with one attached hydrogen (secondary N) is 2. The molecule has 3 N–H and O–H groups in total. The minimum atomic E-state index is -1.03. The third-order valence-electron chi connectivity index (χ3n) is 2.46. The monoisotopic (exact) mass is 283 g/mol. The van der Waals surface area contributed by atoms with Crippen LogP contribution in [0.5, 0.6) is 0 Å². The van der Waals surface area contributed by atoms with Crippen molar-refractivity contribution in [1.82, 2.24) is 20.0 Å². The normalized spacial score (nSPS) is 9.90. The Kier molecular flexibility index (Phi) is 5.51. The van der Waals surface area contributed by atoms with Gasteiger partial charge in [-0.25, -0.2) is 4.79 Å². The zero-order chi connectivity index (χ0) is 15.1. The molecule has 0 aliphatic heterocycles. The van der Waals surface area contributed by atoms with E-state index in [1.807, 2.05) is 0 Å². The van der Waals surface area contributed by atoms with Crippen molar-refractivity contribution in [3.05, 3.63) is 12.4 Å². The summed E-state index contributed by atoms with van der Waals surface area (Å²) in [7, 11) is 1.49. The first-order chi connectivity index (χ1) is 9.46. The summed E-state index contributed by atoms with van der Waals surface area (Å²) < 4.78 is 1.19. The molecule has 20 heavy (non-hydrogen) atoms. The van der Waals surface area contributed by atoms with E-state index in [9.17, 15) is 14.4 Å². The molecule has 0 bridgehead atoms. The van der Waals surface area contributed by atoms with E-state index in [0.29, 0.717) is 12.2 Å². The van der Waals surface area contributed by atoms with Gasteiger partial charge >= 0.3 is 12.0 Å². The highest BCUT2D eigenvalue weighted by molar-refractivity contribution is 5.92. The van der Waals surface area contributed by atoms with Crippen LogP contribution in [0.1, 0.15) is 6.92 Å². The number of aliphatic carboxylic acids is 1. The molecule has 0 atom stereocenters. The van der Waals surface area contributed by atoms with E-state index in [1.54, 1.807) is 6.92 Å². The Morgan fingerprint density at radius 3 is 2.70 bits per heavy atom. The van der Waals surface area contributed by atoms with Gasteiger partial charge in [-0.15, -0.1) is 0 Å². The highest BCUT2D eigenvalue weighted by atomic mass is 16.4. The van der Waals surface area contributed by atoms with Gasteiger partial charge in [0.15, 0.2) is 0 Å². The fraction of sp³-hybridized carbons (Fsp3) is 0.455. The quantitative estimate of drug-likeness (QED) is 0.655. The number of likely N-dealkylation sites (N-methyl/N-ethyl adjacent to an activating group) is 2. The number of hydrogen-bond donors (Lipinski definition) is 3. The lowest BCUT2D eigenvalue weighted by Crippen LogP contribution is -2.41. The van der Waals surface area contributed by atoms with Crippen molar-refractivity contribution in [3.63, 3.8) is 0 Å². The van der Waals surface area contributed by atoms with Gasteiger partial charge in [-0.05, 0) is 6.92 Å². The Morgan fingerprint density at radius 2 is 2.15 bits per heavy atom. The van der Waals surface area contributed by atoms with Crippen LogP contribution in [0.15, 0.2) is 12.4 Å². The molecule has 0 spiro atoms. The molecular formula is C11H17N5O4. The number of rotatable bonds is 6. The average molecular weight is 283 g/mol. The molecule has 9 nitrogen and oxygen atoms in total. The number of amides is 3.